The van der Waals surface area contributed by atoms with Crippen molar-refractivity contribution in [3.8, 4) is 11.5 Å². The van der Waals surface area contributed by atoms with Crippen LogP contribution in [-0.4, -0.2) is 35.6 Å². The molecular weight excluding hydrogens is 534 g/mol. The molecule has 3 heterocycles. The molecule has 39 heavy (non-hydrogen) atoms. The van der Waals surface area contributed by atoms with Crippen LogP contribution in [0.3, 0.4) is 0 Å². The van der Waals surface area contributed by atoms with Gasteiger partial charge in [0, 0.05) is 11.6 Å². The summed E-state index contributed by atoms with van der Waals surface area (Å²) in [5, 5.41) is 1.67. The number of benzene rings is 3. The van der Waals surface area contributed by atoms with E-state index in [0.717, 1.165) is 27.3 Å². The topological polar surface area (TPSA) is 101 Å². The fourth-order valence-electron chi connectivity index (χ4n) is 4.87. The second-order valence-corrected chi connectivity index (χ2v) is 12.2. The lowest BCUT2D eigenvalue weighted by atomic mass is 10.1. The quantitative estimate of drug-likeness (QED) is 0.240. The number of sulfonamides is 1. The van der Waals surface area contributed by atoms with Gasteiger partial charge < -0.3 is 4.42 Å². The van der Waals surface area contributed by atoms with E-state index in [9.17, 15) is 18.0 Å². The van der Waals surface area contributed by atoms with Crippen LogP contribution in [0.1, 0.15) is 24.9 Å². The van der Waals surface area contributed by atoms with Crippen LogP contribution in [0.4, 0.5) is 5.69 Å². The second kappa shape index (κ2) is 9.88. The normalized spacial score (nSPS) is 16.9. The molecule has 5 aromatic rings. The number of carbonyl (C=O) groups excluding carboxylic acids is 2. The molecule has 1 saturated heterocycles. The van der Waals surface area contributed by atoms with Gasteiger partial charge in [0.1, 0.15) is 15.8 Å². The monoisotopic (exact) mass is 557 g/mol. The van der Waals surface area contributed by atoms with E-state index in [1.54, 1.807) is 42.6 Å². The van der Waals surface area contributed by atoms with Gasteiger partial charge in [0.2, 0.25) is 11.8 Å². The van der Waals surface area contributed by atoms with Crippen molar-refractivity contribution in [3.63, 3.8) is 0 Å². The van der Waals surface area contributed by atoms with E-state index in [4.69, 9.17) is 4.42 Å². The molecule has 1 fully saturated rings. The molecular formula is C29H23N3O5S2. The summed E-state index contributed by atoms with van der Waals surface area (Å²) >= 11 is 1.08. The van der Waals surface area contributed by atoms with Crippen LogP contribution in [0.15, 0.2) is 105 Å². The molecule has 3 aromatic carbocycles. The number of oxazole rings is 1. The lowest BCUT2D eigenvalue weighted by molar-refractivity contribution is -0.122. The lowest BCUT2D eigenvalue weighted by Crippen LogP contribution is -2.46. The van der Waals surface area contributed by atoms with Crippen LogP contribution < -0.4 is 4.90 Å². The number of carbonyl (C=O) groups is 2. The number of imide groups is 1. The Labute approximate surface area is 229 Å². The van der Waals surface area contributed by atoms with E-state index >= 15 is 0 Å². The highest BCUT2D eigenvalue weighted by Crippen LogP contribution is 2.37. The van der Waals surface area contributed by atoms with Gasteiger partial charge in [-0.2, -0.15) is 4.31 Å². The first kappa shape index (κ1) is 25.2. The number of para-hydroxylation sites is 2. The molecule has 0 aliphatic carbocycles. The number of aromatic nitrogens is 1. The summed E-state index contributed by atoms with van der Waals surface area (Å²) in [5.74, 6) is -0.631. The van der Waals surface area contributed by atoms with Gasteiger partial charge in [-0.25, -0.2) is 18.3 Å². The first-order valence-electron chi connectivity index (χ1n) is 12.3. The van der Waals surface area contributed by atoms with E-state index in [0.29, 0.717) is 22.7 Å². The standard InChI is InChI=1S/C29H23N3O5S2/c1-19(20-8-3-2-4-9-20)32(39(35,36)27-12-7-17-38-27)24-18-26(33)31(29(24)34)22-15-13-21(14-16-22)28-30-23-10-5-6-11-25(23)37-28/h2-17,19,24H,18H2,1H3. The fraction of sp³-hybridized carbons (Fsp3) is 0.138. The van der Waals surface area contributed by atoms with Crippen molar-refractivity contribution >= 4 is 50.0 Å². The molecule has 8 nitrogen and oxygen atoms in total. The zero-order valence-electron chi connectivity index (χ0n) is 20.8. The molecule has 2 atom stereocenters. The second-order valence-electron chi connectivity index (χ2n) is 9.17. The zero-order valence-corrected chi connectivity index (χ0v) is 22.4. The van der Waals surface area contributed by atoms with Crippen LogP contribution in [0.25, 0.3) is 22.6 Å². The minimum absolute atomic E-state index is 0.117. The Hall–Kier alpha value is -4.12. The van der Waals surface area contributed by atoms with Crippen molar-refractivity contribution in [2.75, 3.05) is 4.90 Å². The summed E-state index contributed by atoms with van der Waals surface area (Å²) in [6.07, 6.45) is -0.256. The molecule has 0 radical (unpaired) electrons. The highest BCUT2D eigenvalue weighted by Gasteiger charge is 2.49. The van der Waals surface area contributed by atoms with E-state index in [2.05, 4.69) is 4.98 Å². The number of anilines is 1. The Morgan fingerprint density at radius 3 is 2.36 bits per heavy atom. The van der Waals surface area contributed by atoms with Crippen molar-refractivity contribution < 1.29 is 22.4 Å². The summed E-state index contributed by atoms with van der Waals surface area (Å²) in [7, 11) is -4.07. The molecule has 0 spiro atoms. The van der Waals surface area contributed by atoms with Crippen molar-refractivity contribution in [2.45, 2.75) is 29.6 Å². The molecule has 2 unspecified atom stereocenters. The van der Waals surface area contributed by atoms with Gasteiger partial charge in [-0.1, -0.05) is 48.5 Å². The summed E-state index contributed by atoms with van der Waals surface area (Å²) < 4.78 is 34.7. The number of hydrogen-bond acceptors (Lipinski definition) is 7. The van der Waals surface area contributed by atoms with Gasteiger partial charge in [0.25, 0.3) is 15.9 Å². The highest BCUT2D eigenvalue weighted by atomic mass is 32.2. The molecule has 1 aliphatic heterocycles. The van der Waals surface area contributed by atoms with Crippen molar-refractivity contribution in [1.29, 1.82) is 0 Å². The number of nitrogens with zero attached hydrogens (tertiary/aromatic N) is 3. The fourth-order valence-corrected chi connectivity index (χ4v) is 7.73. The maximum atomic E-state index is 13.8. The zero-order chi connectivity index (χ0) is 27.1. The Balaban J connectivity index is 1.33. The Morgan fingerprint density at radius 1 is 0.949 bits per heavy atom. The molecule has 196 valence electrons. The van der Waals surface area contributed by atoms with E-state index < -0.39 is 33.9 Å². The third-order valence-corrected chi connectivity index (χ3v) is 10.1. The summed E-state index contributed by atoms with van der Waals surface area (Å²) in [4.78, 5) is 32.5. The first-order chi connectivity index (χ1) is 18.8. The average Bonchev–Trinajstić information content (AvgIpc) is 3.69. The third kappa shape index (κ3) is 4.46. The molecule has 0 N–H and O–H groups in total. The summed E-state index contributed by atoms with van der Waals surface area (Å²) in [6.45, 7) is 1.73. The van der Waals surface area contributed by atoms with Crippen molar-refractivity contribution in [3.05, 3.63) is 102 Å². The summed E-state index contributed by atoms with van der Waals surface area (Å²) in [5.41, 5.74) is 3.14. The number of fused-ring (bicyclic) bond motifs is 1. The van der Waals surface area contributed by atoms with Crippen molar-refractivity contribution in [1.82, 2.24) is 9.29 Å². The van der Waals surface area contributed by atoms with E-state index in [1.165, 1.54) is 10.4 Å². The Bertz CT molecular complexity index is 1730. The molecule has 10 heteroatoms. The number of thiophene rings is 1. The lowest BCUT2D eigenvalue weighted by Gasteiger charge is -2.32. The van der Waals surface area contributed by atoms with E-state index in [1.807, 2.05) is 54.6 Å². The Kier molecular flexibility index (Phi) is 6.38. The predicted molar refractivity (Wildman–Crippen MR) is 149 cm³/mol. The van der Waals surface area contributed by atoms with Gasteiger partial charge in [0.15, 0.2) is 5.58 Å². The SMILES string of the molecule is CC(c1ccccc1)N(C1CC(=O)N(c2ccc(-c3nc4ccccc4o3)cc2)C1=O)S(=O)(=O)c1cccs1. The van der Waals surface area contributed by atoms with Crippen LogP contribution in [-0.2, 0) is 19.6 Å². The summed E-state index contributed by atoms with van der Waals surface area (Å²) in [6, 6.07) is 24.5. The predicted octanol–water partition coefficient (Wildman–Crippen LogP) is 5.64. The van der Waals surface area contributed by atoms with Crippen LogP contribution in [0.5, 0.6) is 0 Å². The highest BCUT2D eigenvalue weighted by molar-refractivity contribution is 7.91. The van der Waals surface area contributed by atoms with Crippen LogP contribution in [0, 0.1) is 0 Å². The van der Waals surface area contributed by atoms with Crippen LogP contribution >= 0.6 is 11.3 Å². The maximum Gasteiger partial charge on any atom is 0.253 e. The van der Waals surface area contributed by atoms with Gasteiger partial charge in [-0.3, -0.25) is 9.59 Å². The van der Waals surface area contributed by atoms with E-state index in [-0.39, 0.29) is 10.6 Å². The molecule has 6 rings (SSSR count). The maximum absolute atomic E-state index is 13.8. The number of rotatable bonds is 7. The molecule has 1 aliphatic rings. The van der Waals surface area contributed by atoms with Crippen molar-refractivity contribution in [2.24, 2.45) is 0 Å². The average molecular weight is 558 g/mol. The molecule has 0 saturated carbocycles. The van der Waals surface area contributed by atoms with Gasteiger partial charge in [0.05, 0.1) is 12.1 Å². The number of hydrogen-bond donors (Lipinski definition) is 0. The van der Waals surface area contributed by atoms with Gasteiger partial charge >= 0.3 is 0 Å². The van der Waals surface area contributed by atoms with Gasteiger partial charge in [-0.15, -0.1) is 11.3 Å². The van der Waals surface area contributed by atoms with Crippen LogP contribution in [0.2, 0.25) is 0 Å². The Morgan fingerprint density at radius 2 is 1.67 bits per heavy atom. The minimum Gasteiger partial charge on any atom is -0.436 e. The number of amides is 2. The molecule has 2 aromatic heterocycles. The molecule has 2 amide bonds. The van der Waals surface area contributed by atoms with Gasteiger partial charge in [-0.05, 0) is 60.3 Å². The molecule has 0 bridgehead atoms. The minimum atomic E-state index is -4.07. The smallest absolute Gasteiger partial charge is 0.253 e. The first-order valence-corrected chi connectivity index (χ1v) is 14.6. The third-order valence-electron chi connectivity index (χ3n) is 6.79. The largest absolute Gasteiger partial charge is 0.436 e.